The number of benzene rings is 2. The second-order valence-corrected chi connectivity index (χ2v) is 5.10. The van der Waals surface area contributed by atoms with E-state index < -0.39 is 4.92 Å². The van der Waals surface area contributed by atoms with Gasteiger partial charge in [0.15, 0.2) is 0 Å². The first-order chi connectivity index (χ1) is 9.60. The first-order valence-corrected chi connectivity index (χ1v) is 7.30. The van der Waals surface area contributed by atoms with Crippen LogP contribution < -0.4 is 4.74 Å². The second kappa shape index (κ2) is 6.72. The number of nitrogens with zero attached hydrogens (tertiary/aromatic N) is 1. The van der Waals surface area contributed by atoms with Gasteiger partial charge >= 0.3 is 0 Å². The van der Waals surface area contributed by atoms with Crippen LogP contribution in [-0.2, 0) is 11.9 Å². The van der Waals surface area contributed by atoms with E-state index in [-0.39, 0.29) is 5.69 Å². The van der Waals surface area contributed by atoms with Crippen LogP contribution in [-0.4, -0.2) is 4.92 Å². The first-order valence-electron chi connectivity index (χ1n) is 5.80. The van der Waals surface area contributed by atoms with Gasteiger partial charge in [-0.3, -0.25) is 10.1 Å². The summed E-state index contributed by atoms with van der Waals surface area (Å²) >= 11 is 9.12. The molecule has 0 aliphatic carbocycles. The third kappa shape index (κ3) is 3.71. The van der Waals surface area contributed by atoms with Crippen LogP contribution in [0, 0.1) is 10.1 Å². The van der Waals surface area contributed by atoms with Gasteiger partial charge in [0.2, 0.25) is 0 Å². The lowest BCUT2D eigenvalue weighted by Gasteiger charge is -2.10. The van der Waals surface area contributed by atoms with Crippen molar-refractivity contribution in [2.75, 3.05) is 0 Å². The van der Waals surface area contributed by atoms with Crippen molar-refractivity contribution in [1.29, 1.82) is 0 Å². The Morgan fingerprint density at radius 2 is 1.90 bits per heavy atom. The van der Waals surface area contributed by atoms with E-state index in [1.165, 1.54) is 12.1 Å². The third-order valence-corrected chi connectivity index (χ3v) is 3.56. The standard InChI is InChI=1S/C14H11BrClNO3/c15-8-11-7-13(17(18)19)5-6-14(11)20-9-10-1-3-12(16)4-2-10/h1-7H,8-9H2. The molecular weight excluding hydrogens is 346 g/mol. The number of rotatable bonds is 5. The molecule has 2 rings (SSSR count). The van der Waals surface area contributed by atoms with Crippen molar-refractivity contribution in [3.05, 3.63) is 68.7 Å². The maximum absolute atomic E-state index is 10.7. The van der Waals surface area contributed by atoms with Crippen LogP contribution >= 0.6 is 27.5 Å². The molecule has 0 bridgehead atoms. The van der Waals surface area contributed by atoms with E-state index in [0.29, 0.717) is 22.7 Å². The Balaban J connectivity index is 2.12. The number of hydrogen-bond donors (Lipinski definition) is 0. The average molecular weight is 357 g/mol. The van der Waals surface area contributed by atoms with E-state index in [1.54, 1.807) is 18.2 Å². The highest BCUT2D eigenvalue weighted by molar-refractivity contribution is 9.08. The summed E-state index contributed by atoms with van der Waals surface area (Å²) in [6, 6.07) is 11.9. The molecule has 0 spiro atoms. The summed E-state index contributed by atoms with van der Waals surface area (Å²) in [5.41, 5.74) is 1.78. The summed E-state index contributed by atoms with van der Waals surface area (Å²) < 4.78 is 5.69. The highest BCUT2D eigenvalue weighted by Gasteiger charge is 2.11. The van der Waals surface area contributed by atoms with Crippen LogP contribution in [0.2, 0.25) is 5.02 Å². The molecular formula is C14H11BrClNO3. The van der Waals surface area contributed by atoms with Crippen molar-refractivity contribution < 1.29 is 9.66 Å². The van der Waals surface area contributed by atoms with Gasteiger partial charge in [-0.25, -0.2) is 0 Å². The van der Waals surface area contributed by atoms with E-state index >= 15 is 0 Å². The molecule has 0 saturated carbocycles. The van der Waals surface area contributed by atoms with E-state index in [0.717, 1.165) is 11.1 Å². The smallest absolute Gasteiger partial charge is 0.270 e. The summed E-state index contributed by atoms with van der Waals surface area (Å²) in [7, 11) is 0. The number of alkyl halides is 1. The Kier molecular flexibility index (Phi) is 4.98. The van der Waals surface area contributed by atoms with Crippen LogP contribution in [0.5, 0.6) is 5.75 Å². The van der Waals surface area contributed by atoms with Crippen LogP contribution in [0.25, 0.3) is 0 Å². The molecule has 4 nitrogen and oxygen atoms in total. The first kappa shape index (κ1) is 14.8. The fraction of sp³-hybridized carbons (Fsp3) is 0.143. The van der Waals surface area contributed by atoms with E-state index in [9.17, 15) is 10.1 Å². The van der Waals surface area contributed by atoms with Crippen molar-refractivity contribution in [3.63, 3.8) is 0 Å². The summed E-state index contributed by atoms with van der Waals surface area (Å²) in [5.74, 6) is 0.627. The predicted octanol–water partition coefficient (Wildman–Crippen LogP) is 4.72. The molecule has 0 atom stereocenters. The largest absolute Gasteiger partial charge is 0.489 e. The van der Waals surface area contributed by atoms with Gasteiger partial charge in [-0.2, -0.15) is 0 Å². The van der Waals surface area contributed by atoms with Crippen molar-refractivity contribution in [2.24, 2.45) is 0 Å². The predicted molar refractivity (Wildman–Crippen MR) is 81.5 cm³/mol. The molecule has 0 fully saturated rings. The molecule has 0 heterocycles. The SMILES string of the molecule is O=[N+]([O-])c1ccc(OCc2ccc(Cl)cc2)c(CBr)c1. The summed E-state index contributed by atoms with van der Waals surface area (Å²) in [4.78, 5) is 10.3. The zero-order valence-electron chi connectivity index (χ0n) is 10.4. The van der Waals surface area contributed by atoms with Crippen LogP contribution in [0.3, 0.4) is 0 Å². The molecule has 0 saturated heterocycles. The highest BCUT2D eigenvalue weighted by atomic mass is 79.9. The van der Waals surface area contributed by atoms with Crippen molar-refractivity contribution >= 4 is 33.2 Å². The van der Waals surface area contributed by atoms with Crippen LogP contribution in [0.1, 0.15) is 11.1 Å². The van der Waals surface area contributed by atoms with Gasteiger partial charge in [-0.1, -0.05) is 39.7 Å². The Hall–Kier alpha value is -1.59. The maximum atomic E-state index is 10.7. The molecule has 2 aromatic carbocycles. The fourth-order valence-corrected chi connectivity index (χ4v) is 2.23. The molecule has 0 N–H and O–H groups in total. The summed E-state index contributed by atoms with van der Waals surface area (Å²) in [6.45, 7) is 0.384. The lowest BCUT2D eigenvalue weighted by Crippen LogP contribution is -1.99. The minimum atomic E-state index is -0.421. The molecule has 0 aromatic heterocycles. The molecule has 0 aliphatic rings. The summed E-state index contributed by atoms with van der Waals surface area (Å²) in [5, 5.41) is 11.9. The lowest BCUT2D eigenvalue weighted by molar-refractivity contribution is -0.384. The molecule has 0 amide bonds. The quantitative estimate of drug-likeness (QED) is 0.442. The van der Waals surface area contributed by atoms with Gasteiger partial charge in [0.1, 0.15) is 12.4 Å². The normalized spacial score (nSPS) is 10.3. The Morgan fingerprint density at radius 3 is 2.50 bits per heavy atom. The minimum absolute atomic E-state index is 0.0540. The number of halogens is 2. The number of non-ortho nitro benzene ring substituents is 1. The zero-order chi connectivity index (χ0) is 14.5. The van der Waals surface area contributed by atoms with Gasteiger partial charge < -0.3 is 4.74 Å². The van der Waals surface area contributed by atoms with Crippen LogP contribution in [0.4, 0.5) is 5.69 Å². The molecule has 20 heavy (non-hydrogen) atoms. The third-order valence-electron chi connectivity index (χ3n) is 2.71. The van der Waals surface area contributed by atoms with Crippen molar-refractivity contribution in [1.82, 2.24) is 0 Å². The Labute approximate surface area is 129 Å². The number of hydrogen-bond acceptors (Lipinski definition) is 3. The van der Waals surface area contributed by atoms with E-state index in [4.69, 9.17) is 16.3 Å². The van der Waals surface area contributed by atoms with Gasteiger partial charge in [-0.15, -0.1) is 0 Å². The van der Waals surface area contributed by atoms with E-state index in [2.05, 4.69) is 15.9 Å². The van der Waals surface area contributed by atoms with Crippen molar-refractivity contribution in [3.8, 4) is 5.75 Å². The molecule has 0 aliphatic heterocycles. The molecule has 0 radical (unpaired) electrons. The van der Waals surface area contributed by atoms with Gasteiger partial charge in [0.25, 0.3) is 5.69 Å². The van der Waals surface area contributed by atoms with Gasteiger partial charge in [0.05, 0.1) is 4.92 Å². The summed E-state index contributed by atoms with van der Waals surface area (Å²) in [6.07, 6.45) is 0. The average Bonchev–Trinajstić information content (AvgIpc) is 2.46. The fourth-order valence-electron chi connectivity index (χ4n) is 1.67. The lowest BCUT2D eigenvalue weighted by atomic mass is 10.2. The number of ether oxygens (including phenoxy) is 1. The highest BCUT2D eigenvalue weighted by Crippen LogP contribution is 2.27. The van der Waals surface area contributed by atoms with Gasteiger partial charge in [-0.05, 0) is 23.8 Å². The molecule has 6 heteroatoms. The Morgan fingerprint density at radius 1 is 1.20 bits per heavy atom. The van der Waals surface area contributed by atoms with Crippen LogP contribution in [0.15, 0.2) is 42.5 Å². The second-order valence-electron chi connectivity index (χ2n) is 4.10. The minimum Gasteiger partial charge on any atom is -0.489 e. The maximum Gasteiger partial charge on any atom is 0.270 e. The number of nitro benzene ring substituents is 1. The van der Waals surface area contributed by atoms with E-state index in [1.807, 2.05) is 12.1 Å². The Bertz CT molecular complexity index is 616. The molecule has 0 unspecified atom stereocenters. The van der Waals surface area contributed by atoms with Gasteiger partial charge in [0, 0.05) is 28.0 Å². The molecule has 2 aromatic rings. The number of nitro groups is 1. The molecule has 104 valence electrons. The topological polar surface area (TPSA) is 52.4 Å². The zero-order valence-corrected chi connectivity index (χ0v) is 12.7. The van der Waals surface area contributed by atoms with Crippen molar-refractivity contribution in [2.45, 2.75) is 11.9 Å². The monoisotopic (exact) mass is 355 g/mol.